The molecule has 0 aliphatic rings. The number of rotatable bonds is 8. The first-order valence-electron chi connectivity index (χ1n) is 6.61. The Bertz CT molecular complexity index is 423. The van der Waals surface area contributed by atoms with Crippen LogP contribution in [0.1, 0.15) is 25.8 Å². The van der Waals surface area contributed by atoms with Crippen LogP contribution in [0.3, 0.4) is 0 Å². The van der Waals surface area contributed by atoms with Crippen molar-refractivity contribution in [3.63, 3.8) is 0 Å². The third-order valence-corrected chi connectivity index (χ3v) is 3.25. The number of carbonyl (C=O) groups is 1. The molecule has 4 nitrogen and oxygen atoms in total. The molecular formula is C14H22ClN3O. The van der Waals surface area contributed by atoms with E-state index in [0.717, 1.165) is 24.2 Å². The Balaban J connectivity index is 2.96. The van der Waals surface area contributed by atoms with E-state index in [1.165, 1.54) is 0 Å². The van der Waals surface area contributed by atoms with Crippen LogP contribution >= 0.6 is 11.6 Å². The highest BCUT2D eigenvalue weighted by molar-refractivity contribution is 6.31. The van der Waals surface area contributed by atoms with Crippen LogP contribution in [0, 0.1) is 0 Å². The van der Waals surface area contributed by atoms with Gasteiger partial charge >= 0.3 is 0 Å². The average molecular weight is 284 g/mol. The molecule has 19 heavy (non-hydrogen) atoms. The summed E-state index contributed by atoms with van der Waals surface area (Å²) in [6.45, 7) is 6.66. The van der Waals surface area contributed by atoms with Gasteiger partial charge < -0.3 is 16.0 Å². The van der Waals surface area contributed by atoms with Crippen LogP contribution in [0.2, 0.25) is 5.02 Å². The first kappa shape index (κ1) is 15.8. The number of nitrogens with two attached hydrogens (primary N) is 1. The van der Waals surface area contributed by atoms with E-state index in [4.69, 9.17) is 17.3 Å². The molecule has 0 unspecified atom stereocenters. The molecule has 0 aromatic heterocycles. The molecule has 1 aromatic carbocycles. The van der Waals surface area contributed by atoms with Crippen molar-refractivity contribution in [1.29, 1.82) is 0 Å². The van der Waals surface area contributed by atoms with Gasteiger partial charge in [0.1, 0.15) is 0 Å². The topological polar surface area (TPSA) is 58.4 Å². The normalized spacial score (nSPS) is 10.5. The van der Waals surface area contributed by atoms with Crippen molar-refractivity contribution in [1.82, 2.24) is 5.32 Å². The maximum atomic E-state index is 11.1. The predicted octanol–water partition coefficient (Wildman–Crippen LogP) is 2.15. The molecule has 0 radical (unpaired) electrons. The zero-order valence-corrected chi connectivity index (χ0v) is 12.3. The van der Waals surface area contributed by atoms with Crippen molar-refractivity contribution in [2.24, 2.45) is 5.73 Å². The summed E-state index contributed by atoms with van der Waals surface area (Å²) in [6.07, 6.45) is 1.07. The van der Waals surface area contributed by atoms with Crippen LogP contribution in [-0.4, -0.2) is 25.5 Å². The zero-order valence-electron chi connectivity index (χ0n) is 11.6. The van der Waals surface area contributed by atoms with Gasteiger partial charge in [0.05, 0.1) is 6.54 Å². The Morgan fingerprint density at radius 3 is 2.74 bits per heavy atom. The van der Waals surface area contributed by atoms with Crippen molar-refractivity contribution in [3.05, 3.63) is 28.8 Å². The van der Waals surface area contributed by atoms with Crippen LogP contribution in [0.15, 0.2) is 18.2 Å². The molecule has 3 N–H and O–H groups in total. The SMILES string of the molecule is CCCNCc1c(Cl)cccc1N(CC)CC(N)=O. The summed E-state index contributed by atoms with van der Waals surface area (Å²) < 4.78 is 0. The highest BCUT2D eigenvalue weighted by Crippen LogP contribution is 2.27. The number of hydrogen-bond donors (Lipinski definition) is 2. The lowest BCUT2D eigenvalue weighted by Gasteiger charge is -2.25. The second-order valence-electron chi connectivity index (χ2n) is 4.39. The number of anilines is 1. The number of benzene rings is 1. The van der Waals surface area contributed by atoms with Gasteiger partial charge in [0, 0.05) is 29.4 Å². The third kappa shape index (κ3) is 4.73. The van der Waals surface area contributed by atoms with Crippen molar-refractivity contribution in [3.8, 4) is 0 Å². The van der Waals surface area contributed by atoms with Crippen LogP contribution in [-0.2, 0) is 11.3 Å². The van der Waals surface area contributed by atoms with E-state index in [0.29, 0.717) is 18.1 Å². The van der Waals surface area contributed by atoms with Crippen LogP contribution in [0.4, 0.5) is 5.69 Å². The van der Waals surface area contributed by atoms with Crippen LogP contribution in [0.25, 0.3) is 0 Å². The number of halogens is 1. The van der Waals surface area contributed by atoms with E-state index in [1.54, 1.807) is 0 Å². The largest absolute Gasteiger partial charge is 0.368 e. The molecule has 0 atom stereocenters. The molecule has 1 aromatic rings. The van der Waals surface area contributed by atoms with Gasteiger partial charge in [0.25, 0.3) is 0 Å². The molecule has 0 spiro atoms. The molecular weight excluding hydrogens is 262 g/mol. The average Bonchev–Trinajstić information content (AvgIpc) is 2.38. The van der Waals surface area contributed by atoms with Gasteiger partial charge in [-0.25, -0.2) is 0 Å². The van der Waals surface area contributed by atoms with E-state index in [9.17, 15) is 4.79 Å². The molecule has 0 fully saturated rings. The fourth-order valence-corrected chi connectivity index (χ4v) is 2.20. The standard InChI is InChI=1S/C14H22ClN3O/c1-3-8-17-9-11-12(15)6-5-7-13(11)18(4-2)10-14(16)19/h5-7,17H,3-4,8-10H2,1-2H3,(H2,16,19). The Hall–Kier alpha value is -1.26. The van der Waals surface area contributed by atoms with E-state index in [1.807, 2.05) is 30.0 Å². The summed E-state index contributed by atoms with van der Waals surface area (Å²) in [5.41, 5.74) is 7.27. The maximum Gasteiger partial charge on any atom is 0.236 e. The van der Waals surface area contributed by atoms with Crippen molar-refractivity contribution < 1.29 is 4.79 Å². The minimum atomic E-state index is -0.339. The molecule has 106 valence electrons. The quantitative estimate of drug-likeness (QED) is 0.719. The number of primary amides is 1. The summed E-state index contributed by atoms with van der Waals surface area (Å²) in [6, 6.07) is 5.73. The molecule has 1 rings (SSSR count). The molecule has 0 aliphatic heterocycles. The first-order chi connectivity index (χ1) is 9.10. The number of nitrogens with one attached hydrogen (secondary N) is 1. The number of carbonyl (C=O) groups excluding carboxylic acids is 1. The summed E-state index contributed by atoms with van der Waals surface area (Å²) in [7, 11) is 0. The van der Waals surface area contributed by atoms with Crippen LogP contribution in [0.5, 0.6) is 0 Å². The Labute approximate surface area is 119 Å². The van der Waals surface area contributed by atoms with Crippen molar-refractivity contribution >= 4 is 23.2 Å². The van der Waals surface area contributed by atoms with Gasteiger partial charge in [-0.05, 0) is 32.0 Å². The van der Waals surface area contributed by atoms with Crippen molar-refractivity contribution in [2.45, 2.75) is 26.8 Å². The minimum Gasteiger partial charge on any atom is -0.368 e. The second kappa shape index (κ2) is 8.02. The molecule has 0 aliphatic carbocycles. The molecule has 0 saturated carbocycles. The summed E-state index contributed by atoms with van der Waals surface area (Å²) in [4.78, 5) is 13.1. The number of likely N-dealkylation sites (N-methyl/N-ethyl adjacent to an activating group) is 1. The van der Waals surface area contributed by atoms with Gasteiger partial charge in [0.2, 0.25) is 5.91 Å². The van der Waals surface area contributed by atoms with Gasteiger partial charge in [-0.1, -0.05) is 24.6 Å². The maximum absolute atomic E-state index is 11.1. The van der Waals surface area contributed by atoms with E-state index in [-0.39, 0.29) is 12.5 Å². The minimum absolute atomic E-state index is 0.206. The van der Waals surface area contributed by atoms with Gasteiger partial charge in [-0.3, -0.25) is 4.79 Å². The number of hydrogen-bond acceptors (Lipinski definition) is 3. The lowest BCUT2D eigenvalue weighted by molar-refractivity contribution is -0.116. The Kier molecular flexibility index (Phi) is 6.67. The lowest BCUT2D eigenvalue weighted by atomic mass is 10.1. The van der Waals surface area contributed by atoms with E-state index >= 15 is 0 Å². The van der Waals surface area contributed by atoms with E-state index in [2.05, 4.69) is 12.2 Å². The Morgan fingerprint density at radius 2 is 2.16 bits per heavy atom. The van der Waals surface area contributed by atoms with Gasteiger partial charge in [-0.15, -0.1) is 0 Å². The summed E-state index contributed by atoms with van der Waals surface area (Å²) in [5.74, 6) is -0.339. The molecule has 5 heteroatoms. The monoisotopic (exact) mass is 283 g/mol. The summed E-state index contributed by atoms with van der Waals surface area (Å²) >= 11 is 6.26. The van der Waals surface area contributed by atoms with Gasteiger partial charge in [-0.2, -0.15) is 0 Å². The molecule has 0 bridgehead atoms. The zero-order chi connectivity index (χ0) is 14.3. The molecule has 1 amide bonds. The first-order valence-corrected chi connectivity index (χ1v) is 6.99. The van der Waals surface area contributed by atoms with Gasteiger partial charge in [0.15, 0.2) is 0 Å². The Morgan fingerprint density at radius 1 is 1.42 bits per heavy atom. The highest BCUT2D eigenvalue weighted by atomic mass is 35.5. The highest BCUT2D eigenvalue weighted by Gasteiger charge is 2.14. The lowest BCUT2D eigenvalue weighted by Crippen LogP contribution is -2.34. The summed E-state index contributed by atoms with van der Waals surface area (Å²) in [5, 5.41) is 4.05. The fourth-order valence-electron chi connectivity index (χ4n) is 1.96. The molecule has 0 heterocycles. The fraction of sp³-hybridized carbons (Fsp3) is 0.500. The number of amides is 1. The van der Waals surface area contributed by atoms with E-state index < -0.39 is 0 Å². The smallest absolute Gasteiger partial charge is 0.236 e. The number of nitrogens with zero attached hydrogens (tertiary/aromatic N) is 1. The third-order valence-electron chi connectivity index (χ3n) is 2.89. The van der Waals surface area contributed by atoms with Crippen molar-refractivity contribution in [2.75, 3.05) is 24.5 Å². The second-order valence-corrected chi connectivity index (χ2v) is 4.80. The predicted molar refractivity (Wildman–Crippen MR) is 80.5 cm³/mol. The van der Waals surface area contributed by atoms with Crippen LogP contribution < -0.4 is 16.0 Å². The molecule has 0 saturated heterocycles.